The highest BCUT2D eigenvalue weighted by Crippen LogP contribution is 2.22. The number of ether oxygens (including phenoxy) is 1. The molecular weight excluding hydrogens is 288 g/mol. The standard InChI is InChI=1S/C17H23F2NO2/c18-14-8-9-16(15(19)11-14)22-10-4-7-17(21)20-12-13-5-2-1-3-6-13/h8-9,11,13H,1-7,10,12H2,(H,20,21). The molecule has 0 aliphatic heterocycles. The van der Waals surface area contributed by atoms with E-state index in [-0.39, 0.29) is 18.3 Å². The molecule has 1 amide bonds. The van der Waals surface area contributed by atoms with Gasteiger partial charge in [0, 0.05) is 19.0 Å². The fraction of sp³-hybridized carbons (Fsp3) is 0.588. The van der Waals surface area contributed by atoms with E-state index in [1.807, 2.05) is 0 Å². The number of benzene rings is 1. The van der Waals surface area contributed by atoms with Crippen LogP contribution in [0, 0.1) is 17.6 Å². The Hall–Kier alpha value is -1.65. The number of carbonyl (C=O) groups is 1. The molecule has 0 heterocycles. The maximum absolute atomic E-state index is 13.3. The van der Waals surface area contributed by atoms with Crippen molar-refractivity contribution in [3.63, 3.8) is 0 Å². The summed E-state index contributed by atoms with van der Waals surface area (Å²) in [5.74, 6) is -0.714. The van der Waals surface area contributed by atoms with Crippen molar-refractivity contribution in [1.29, 1.82) is 0 Å². The lowest BCUT2D eigenvalue weighted by molar-refractivity contribution is -0.121. The van der Waals surface area contributed by atoms with Crippen molar-refractivity contribution in [2.45, 2.75) is 44.9 Å². The van der Waals surface area contributed by atoms with Crippen LogP contribution in [0.3, 0.4) is 0 Å². The molecule has 0 spiro atoms. The number of hydrogen-bond acceptors (Lipinski definition) is 2. The Morgan fingerprint density at radius 3 is 2.73 bits per heavy atom. The van der Waals surface area contributed by atoms with Gasteiger partial charge in [-0.05, 0) is 37.3 Å². The van der Waals surface area contributed by atoms with E-state index in [1.165, 1.54) is 38.2 Å². The molecule has 0 saturated heterocycles. The lowest BCUT2D eigenvalue weighted by Gasteiger charge is -2.21. The molecule has 122 valence electrons. The van der Waals surface area contributed by atoms with Crippen LogP contribution in [-0.4, -0.2) is 19.1 Å². The fourth-order valence-corrected chi connectivity index (χ4v) is 2.74. The van der Waals surface area contributed by atoms with E-state index >= 15 is 0 Å². The molecule has 1 aliphatic rings. The summed E-state index contributed by atoms with van der Waals surface area (Å²) in [4.78, 5) is 11.7. The van der Waals surface area contributed by atoms with Gasteiger partial charge in [-0.3, -0.25) is 4.79 Å². The van der Waals surface area contributed by atoms with E-state index in [9.17, 15) is 13.6 Å². The average molecular weight is 311 g/mol. The highest BCUT2D eigenvalue weighted by molar-refractivity contribution is 5.75. The van der Waals surface area contributed by atoms with Gasteiger partial charge >= 0.3 is 0 Å². The van der Waals surface area contributed by atoms with Crippen LogP contribution in [0.5, 0.6) is 5.75 Å². The highest BCUT2D eigenvalue weighted by atomic mass is 19.1. The first-order chi connectivity index (χ1) is 10.6. The van der Waals surface area contributed by atoms with Crippen LogP contribution in [0.1, 0.15) is 44.9 Å². The Labute approximate surface area is 130 Å². The van der Waals surface area contributed by atoms with Crippen molar-refractivity contribution in [1.82, 2.24) is 5.32 Å². The second kappa shape index (κ2) is 8.71. The van der Waals surface area contributed by atoms with Gasteiger partial charge in [0.25, 0.3) is 0 Å². The molecule has 1 saturated carbocycles. The van der Waals surface area contributed by atoms with Gasteiger partial charge < -0.3 is 10.1 Å². The fourth-order valence-electron chi connectivity index (χ4n) is 2.74. The van der Waals surface area contributed by atoms with Crippen molar-refractivity contribution < 1.29 is 18.3 Å². The van der Waals surface area contributed by atoms with Gasteiger partial charge in [-0.15, -0.1) is 0 Å². The van der Waals surface area contributed by atoms with Crippen LogP contribution in [-0.2, 0) is 4.79 Å². The Morgan fingerprint density at radius 2 is 2.00 bits per heavy atom. The Balaban J connectivity index is 1.58. The predicted octanol–water partition coefficient (Wildman–Crippen LogP) is 3.82. The quantitative estimate of drug-likeness (QED) is 0.777. The molecule has 1 aliphatic carbocycles. The molecule has 0 atom stereocenters. The maximum atomic E-state index is 13.3. The van der Waals surface area contributed by atoms with Crippen molar-refractivity contribution in [2.75, 3.05) is 13.2 Å². The van der Waals surface area contributed by atoms with Gasteiger partial charge in [0.1, 0.15) is 5.82 Å². The van der Waals surface area contributed by atoms with Crippen LogP contribution in [0.4, 0.5) is 8.78 Å². The normalized spacial score (nSPS) is 15.5. The number of amides is 1. The summed E-state index contributed by atoms with van der Waals surface area (Å²) in [6.45, 7) is 0.992. The lowest BCUT2D eigenvalue weighted by atomic mass is 9.89. The Morgan fingerprint density at radius 1 is 1.23 bits per heavy atom. The minimum absolute atomic E-state index is 0.00810. The molecular formula is C17H23F2NO2. The zero-order valence-corrected chi connectivity index (χ0v) is 12.7. The molecule has 0 aromatic heterocycles. The molecule has 0 unspecified atom stereocenters. The summed E-state index contributed by atoms with van der Waals surface area (Å²) in [7, 11) is 0. The third-order valence-electron chi connectivity index (χ3n) is 4.01. The first kappa shape index (κ1) is 16.7. The van der Waals surface area contributed by atoms with Crippen LogP contribution in [0.25, 0.3) is 0 Å². The zero-order chi connectivity index (χ0) is 15.8. The molecule has 1 aromatic carbocycles. The maximum Gasteiger partial charge on any atom is 0.220 e. The molecule has 22 heavy (non-hydrogen) atoms. The second-order valence-corrected chi connectivity index (χ2v) is 5.83. The van der Waals surface area contributed by atoms with Gasteiger partial charge in [-0.2, -0.15) is 0 Å². The van der Waals surface area contributed by atoms with E-state index in [4.69, 9.17) is 4.74 Å². The topological polar surface area (TPSA) is 38.3 Å². The van der Waals surface area contributed by atoms with Crippen LogP contribution < -0.4 is 10.1 Å². The number of carbonyl (C=O) groups excluding carboxylic acids is 1. The molecule has 2 rings (SSSR count). The Kier molecular flexibility index (Phi) is 6.62. The average Bonchev–Trinajstić information content (AvgIpc) is 2.52. The van der Waals surface area contributed by atoms with Crippen molar-refractivity contribution >= 4 is 5.91 Å². The first-order valence-electron chi connectivity index (χ1n) is 7.99. The summed E-state index contributed by atoms with van der Waals surface area (Å²) < 4.78 is 31.3. The van der Waals surface area contributed by atoms with Crippen LogP contribution in [0.15, 0.2) is 18.2 Å². The van der Waals surface area contributed by atoms with E-state index in [2.05, 4.69) is 5.32 Å². The van der Waals surface area contributed by atoms with Crippen LogP contribution >= 0.6 is 0 Å². The predicted molar refractivity (Wildman–Crippen MR) is 80.7 cm³/mol. The van der Waals surface area contributed by atoms with E-state index in [0.29, 0.717) is 18.8 Å². The van der Waals surface area contributed by atoms with E-state index in [0.717, 1.165) is 18.7 Å². The number of halogens is 2. The van der Waals surface area contributed by atoms with E-state index < -0.39 is 11.6 Å². The molecule has 1 aromatic rings. The summed E-state index contributed by atoms with van der Waals surface area (Å²) in [6.07, 6.45) is 7.10. The molecule has 1 N–H and O–H groups in total. The van der Waals surface area contributed by atoms with Gasteiger partial charge in [0.2, 0.25) is 5.91 Å². The molecule has 1 fully saturated rings. The summed E-state index contributed by atoms with van der Waals surface area (Å²) >= 11 is 0. The van der Waals surface area contributed by atoms with Gasteiger partial charge in [-0.25, -0.2) is 8.78 Å². The van der Waals surface area contributed by atoms with E-state index in [1.54, 1.807) is 0 Å². The summed E-state index contributed by atoms with van der Waals surface area (Å²) in [5, 5.41) is 2.95. The summed E-state index contributed by atoms with van der Waals surface area (Å²) in [5.41, 5.74) is 0. The first-order valence-corrected chi connectivity index (χ1v) is 7.99. The van der Waals surface area contributed by atoms with Gasteiger partial charge in [0.15, 0.2) is 11.6 Å². The monoisotopic (exact) mass is 311 g/mol. The third kappa shape index (κ3) is 5.62. The minimum atomic E-state index is -0.721. The largest absolute Gasteiger partial charge is 0.491 e. The minimum Gasteiger partial charge on any atom is -0.491 e. The zero-order valence-electron chi connectivity index (χ0n) is 12.7. The van der Waals surface area contributed by atoms with Gasteiger partial charge in [-0.1, -0.05) is 19.3 Å². The SMILES string of the molecule is O=C(CCCOc1ccc(F)cc1F)NCC1CCCCC1. The molecule has 5 heteroatoms. The lowest BCUT2D eigenvalue weighted by Crippen LogP contribution is -2.30. The van der Waals surface area contributed by atoms with Crippen molar-refractivity contribution in [2.24, 2.45) is 5.92 Å². The molecule has 0 radical (unpaired) electrons. The number of nitrogens with one attached hydrogen (secondary N) is 1. The Bertz CT molecular complexity index is 488. The highest BCUT2D eigenvalue weighted by Gasteiger charge is 2.14. The number of rotatable bonds is 7. The smallest absolute Gasteiger partial charge is 0.220 e. The van der Waals surface area contributed by atoms with Gasteiger partial charge in [0.05, 0.1) is 6.61 Å². The second-order valence-electron chi connectivity index (χ2n) is 5.83. The van der Waals surface area contributed by atoms with Crippen molar-refractivity contribution in [3.05, 3.63) is 29.8 Å². The molecule has 0 bridgehead atoms. The molecule has 3 nitrogen and oxygen atoms in total. The number of hydrogen-bond donors (Lipinski definition) is 1. The third-order valence-corrected chi connectivity index (χ3v) is 4.01. The van der Waals surface area contributed by atoms with Crippen molar-refractivity contribution in [3.8, 4) is 5.75 Å². The van der Waals surface area contributed by atoms with Crippen LogP contribution in [0.2, 0.25) is 0 Å². The summed E-state index contributed by atoms with van der Waals surface area (Å²) in [6, 6.07) is 3.19.